The van der Waals surface area contributed by atoms with Gasteiger partial charge in [0.25, 0.3) is 0 Å². The highest BCUT2D eigenvalue weighted by molar-refractivity contribution is 7.92. The van der Waals surface area contributed by atoms with E-state index in [1.165, 1.54) is 22.9 Å². The van der Waals surface area contributed by atoms with Crippen molar-refractivity contribution in [2.75, 3.05) is 26.0 Å². The largest absolute Gasteiger partial charge is 0.465 e. The van der Waals surface area contributed by atoms with E-state index in [4.69, 9.17) is 0 Å². The summed E-state index contributed by atoms with van der Waals surface area (Å²) in [6.07, 6.45) is 0.540. The number of carbonyl (C=O) groups excluding carboxylic acids is 1. The lowest BCUT2D eigenvalue weighted by molar-refractivity contribution is 0.0602. The minimum Gasteiger partial charge on any atom is -0.465 e. The second kappa shape index (κ2) is 7.73. The summed E-state index contributed by atoms with van der Waals surface area (Å²) >= 11 is 1.01. The quantitative estimate of drug-likeness (QED) is 0.664. The van der Waals surface area contributed by atoms with Crippen LogP contribution in [-0.2, 0) is 24.6 Å². The first kappa shape index (κ1) is 20.3. The van der Waals surface area contributed by atoms with Crippen LogP contribution in [0.3, 0.4) is 0 Å². The molecule has 7 nitrogen and oxygen atoms in total. The lowest BCUT2D eigenvalue weighted by atomic mass is 10.2. The van der Waals surface area contributed by atoms with Gasteiger partial charge in [0, 0.05) is 13.1 Å². The minimum absolute atomic E-state index is 0.0389. The number of sulfone groups is 1. The van der Waals surface area contributed by atoms with E-state index in [1.54, 1.807) is 0 Å². The maximum absolute atomic E-state index is 12.8. The molecule has 0 atom stereocenters. The van der Waals surface area contributed by atoms with Crippen molar-refractivity contribution < 1.29 is 26.4 Å². The molecule has 10 heteroatoms. The summed E-state index contributed by atoms with van der Waals surface area (Å²) in [5.74, 6) is -0.537. The van der Waals surface area contributed by atoms with E-state index in [9.17, 15) is 21.6 Å². The number of sulfonamides is 1. The highest BCUT2D eigenvalue weighted by atomic mass is 32.2. The smallest absolute Gasteiger partial charge is 0.349 e. The highest BCUT2D eigenvalue weighted by Gasteiger charge is 2.37. The topological polar surface area (TPSA) is 97.8 Å². The normalized spacial score (nSPS) is 17.8. The van der Waals surface area contributed by atoms with Crippen LogP contribution in [0.15, 0.2) is 16.3 Å². The second-order valence-electron chi connectivity index (χ2n) is 6.43. The summed E-state index contributed by atoms with van der Waals surface area (Å²) in [5, 5.41) is 1.02. The number of hydrogen-bond acceptors (Lipinski definition) is 7. The molecule has 1 aromatic heterocycles. The van der Waals surface area contributed by atoms with E-state index in [2.05, 4.69) is 4.74 Å². The fourth-order valence-corrected chi connectivity index (χ4v) is 7.82. The Morgan fingerprint density at radius 2 is 1.88 bits per heavy atom. The summed E-state index contributed by atoms with van der Waals surface area (Å²) < 4.78 is 56.1. The molecule has 1 fully saturated rings. The molecule has 2 rings (SSSR count). The van der Waals surface area contributed by atoms with Crippen LogP contribution >= 0.6 is 11.3 Å². The van der Waals surface area contributed by atoms with Crippen molar-refractivity contribution in [3.63, 3.8) is 0 Å². The van der Waals surface area contributed by atoms with Gasteiger partial charge in [0.2, 0.25) is 10.0 Å². The molecule has 1 aliphatic heterocycles. The van der Waals surface area contributed by atoms with E-state index < -0.39 is 31.1 Å². The molecule has 1 saturated heterocycles. The zero-order chi connectivity index (χ0) is 18.8. The van der Waals surface area contributed by atoms with Gasteiger partial charge in [0.05, 0.1) is 18.1 Å². The van der Waals surface area contributed by atoms with Crippen molar-refractivity contribution in [1.82, 2.24) is 4.31 Å². The van der Waals surface area contributed by atoms with Crippen LogP contribution in [0.1, 0.15) is 36.4 Å². The summed E-state index contributed by atoms with van der Waals surface area (Å²) in [6, 6.07) is 1.38. The number of piperidine rings is 1. The number of hydrogen-bond donors (Lipinski definition) is 0. The first-order valence-electron chi connectivity index (χ1n) is 7.97. The van der Waals surface area contributed by atoms with Crippen LogP contribution < -0.4 is 0 Å². The predicted molar refractivity (Wildman–Crippen MR) is 96.1 cm³/mol. The fraction of sp³-hybridized carbons (Fsp3) is 0.667. The maximum atomic E-state index is 12.8. The van der Waals surface area contributed by atoms with Crippen molar-refractivity contribution in [3.05, 3.63) is 16.3 Å². The number of rotatable bonds is 6. The zero-order valence-corrected chi connectivity index (χ0v) is 16.9. The standard InChI is InChI=1S/C15H23NO6S3/c1-11(2)10-24(18,19)12-4-7-16(8-5-12)25(20,21)13-6-9-23-14(13)15(17)22-3/h6,9,11-12H,4-5,7-8,10H2,1-3H3. The Balaban J connectivity index is 2.15. The summed E-state index contributed by atoms with van der Waals surface area (Å²) in [7, 11) is -5.87. The van der Waals surface area contributed by atoms with Gasteiger partial charge in [-0.2, -0.15) is 4.31 Å². The third kappa shape index (κ3) is 4.42. The Kier molecular flexibility index (Phi) is 6.29. The van der Waals surface area contributed by atoms with Gasteiger partial charge in [-0.25, -0.2) is 21.6 Å². The second-order valence-corrected chi connectivity index (χ2v) is 11.6. The molecule has 142 valence electrons. The van der Waals surface area contributed by atoms with Crippen LogP contribution in [0.5, 0.6) is 0 Å². The van der Waals surface area contributed by atoms with Gasteiger partial charge in [0.1, 0.15) is 9.77 Å². The lowest BCUT2D eigenvalue weighted by Gasteiger charge is -2.31. The third-order valence-electron chi connectivity index (χ3n) is 4.09. The number of thiophene rings is 1. The molecule has 0 bridgehead atoms. The molecule has 0 unspecified atom stereocenters. The van der Waals surface area contributed by atoms with Gasteiger partial charge in [-0.05, 0) is 30.2 Å². The third-order valence-corrected chi connectivity index (χ3v) is 9.68. The van der Waals surface area contributed by atoms with Gasteiger partial charge < -0.3 is 4.74 Å². The van der Waals surface area contributed by atoms with Crippen LogP contribution in [0, 0.1) is 5.92 Å². The first-order chi connectivity index (χ1) is 11.6. The van der Waals surface area contributed by atoms with Gasteiger partial charge in [-0.1, -0.05) is 13.8 Å². The molecule has 0 saturated carbocycles. The molecule has 1 aliphatic rings. The molecule has 0 radical (unpaired) electrons. The number of methoxy groups -OCH3 is 1. The van der Waals surface area contributed by atoms with E-state index in [0.29, 0.717) is 0 Å². The van der Waals surface area contributed by atoms with E-state index >= 15 is 0 Å². The molecule has 0 aliphatic carbocycles. The van der Waals surface area contributed by atoms with Crippen LogP contribution in [0.4, 0.5) is 0 Å². The van der Waals surface area contributed by atoms with Crippen molar-refractivity contribution in [2.45, 2.75) is 36.8 Å². The molecule has 1 aromatic rings. The first-order valence-corrected chi connectivity index (χ1v) is 12.0. The van der Waals surface area contributed by atoms with Crippen LogP contribution in [-0.4, -0.2) is 58.3 Å². The Bertz CT molecular complexity index is 817. The van der Waals surface area contributed by atoms with E-state index in [0.717, 1.165) is 11.3 Å². The highest BCUT2D eigenvalue weighted by Crippen LogP contribution is 2.29. The predicted octanol–water partition coefficient (Wildman–Crippen LogP) is 1.76. The molecule has 25 heavy (non-hydrogen) atoms. The van der Waals surface area contributed by atoms with Crippen molar-refractivity contribution in [3.8, 4) is 0 Å². The molecular weight excluding hydrogens is 386 g/mol. The average molecular weight is 410 g/mol. The molecule has 2 heterocycles. The number of nitrogens with zero attached hydrogens (tertiary/aromatic N) is 1. The molecule has 0 spiro atoms. The maximum Gasteiger partial charge on any atom is 0.349 e. The van der Waals surface area contributed by atoms with Crippen molar-refractivity contribution in [1.29, 1.82) is 0 Å². The van der Waals surface area contributed by atoms with Gasteiger partial charge in [-0.3, -0.25) is 0 Å². The summed E-state index contributed by atoms with van der Waals surface area (Å²) in [4.78, 5) is 11.7. The summed E-state index contributed by atoms with van der Waals surface area (Å²) in [5.41, 5.74) is 0. The van der Waals surface area contributed by atoms with Crippen molar-refractivity contribution >= 4 is 37.2 Å². The van der Waals surface area contributed by atoms with E-state index in [-0.39, 0.29) is 47.4 Å². The fourth-order valence-electron chi connectivity index (χ4n) is 2.91. The number of esters is 1. The van der Waals surface area contributed by atoms with Gasteiger partial charge in [-0.15, -0.1) is 11.3 Å². The SMILES string of the molecule is COC(=O)c1sccc1S(=O)(=O)N1CCC(S(=O)(=O)CC(C)C)CC1. The monoisotopic (exact) mass is 409 g/mol. The van der Waals surface area contributed by atoms with Gasteiger partial charge >= 0.3 is 5.97 Å². The zero-order valence-electron chi connectivity index (χ0n) is 14.5. The van der Waals surface area contributed by atoms with Gasteiger partial charge in [0.15, 0.2) is 9.84 Å². The number of ether oxygens (including phenoxy) is 1. The average Bonchev–Trinajstić information content (AvgIpc) is 3.03. The van der Waals surface area contributed by atoms with Crippen LogP contribution in [0.25, 0.3) is 0 Å². The minimum atomic E-state index is -3.85. The van der Waals surface area contributed by atoms with Crippen LogP contribution in [0.2, 0.25) is 0 Å². The molecule has 0 amide bonds. The Hall–Kier alpha value is -0.970. The van der Waals surface area contributed by atoms with E-state index in [1.807, 2.05) is 13.8 Å². The molecule has 0 N–H and O–H groups in total. The Morgan fingerprint density at radius 3 is 2.40 bits per heavy atom. The number of carbonyl (C=O) groups is 1. The molecule has 0 aromatic carbocycles. The van der Waals surface area contributed by atoms with Crippen molar-refractivity contribution in [2.24, 2.45) is 5.92 Å². The summed E-state index contributed by atoms with van der Waals surface area (Å²) in [6.45, 7) is 3.95. The molecular formula is C15H23NO6S3. The Labute approximate surface area is 153 Å². The lowest BCUT2D eigenvalue weighted by Crippen LogP contribution is -2.43. The Morgan fingerprint density at radius 1 is 1.28 bits per heavy atom.